The van der Waals surface area contributed by atoms with Crippen LogP contribution in [0.2, 0.25) is 5.02 Å². The predicted molar refractivity (Wildman–Crippen MR) is 145 cm³/mol. The average molecular weight is 537 g/mol. The fourth-order valence-corrected chi connectivity index (χ4v) is 5.65. The van der Waals surface area contributed by atoms with Gasteiger partial charge in [0.15, 0.2) is 6.10 Å². The van der Waals surface area contributed by atoms with Crippen LogP contribution in [-0.4, -0.2) is 89.9 Å². The number of aliphatic hydroxyl groups excluding tert-OH is 1. The van der Waals surface area contributed by atoms with E-state index in [9.17, 15) is 9.90 Å². The largest absolute Gasteiger partial charge is 0.470 e. The number of aromatic nitrogens is 2. The van der Waals surface area contributed by atoms with Gasteiger partial charge < -0.3 is 29.2 Å². The molecule has 1 amide bonds. The van der Waals surface area contributed by atoms with Crippen LogP contribution in [0.25, 0.3) is 27.9 Å². The Bertz CT molecular complexity index is 1430. The molecule has 6 rings (SSSR count). The van der Waals surface area contributed by atoms with Crippen LogP contribution in [0.1, 0.15) is 24.5 Å². The number of aromatic amines is 1. The molecule has 9 nitrogen and oxygen atoms in total. The predicted octanol–water partition coefficient (Wildman–Crippen LogP) is 3.47. The normalized spacial score (nSPS) is 25.3. The molecule has 10 heteroatoms. The number of benzene rings is 1. The van der Waals surface area contributed by atoms with Crippen LogP contribution >= 0.6 is 11.6 Å². The van der Waals surface area contributed by atoms with Crippen molar-refractivity contribution in [3.8, 4) is 17.1 Å². The molecule has 0 saturated carbocycles. The summed E-state index contributed by atoms with van der Waals surface area (Å²) in [5.74, 6) is 0.605. The first-order chi connectivity index (χ1) is 18.4. The summed E-state index contributed by atoms with van der Waals surface area (Å²) >= 11 is 6.70. The first kappa shape index (κ1) is 25.1. The van der Waals surface area contributed by atoms with Gasteiger partial charge in [-0.05, 0) is 23.6 Å². The number of amides is 1. The van der Waals surface area contributed by atoms with Crippen molar-refractivity contribution in [1.29, 1.82) is 0 Å². The van der Waals surface area contributed by atoms with E-state index in [1.54, 1.807) is 20.2 Å². The summed E-state index contributed by atoms with van der Waals surface area (Å²) in [5.41, 5.74) is 6.04. The summed E-state index contributed by atoms with van der Waals surface area (Å²) in [4.78, 5) is 25.9. The van der Waals surface area contributed by atoms with Crippen LogP contribution in [0.3, 0.4) is 0 Å². The number of aliphatic imine (C=N–C) groups is 1. The molecule has 0 spiro atoms. The van der Waals surface area contributed by atoms with Gasteiger partial charge in [0.05, 0.1) is 35.0 Å². The van der Waals surface area contributed by atoms with Crippen molar-refractivity contribution < 1.29 is 24.1 Å². The molecule has 5 heterocycles. The van der Waals surface area contributed by atoms with Gasteiger partial charge in [-0.15, -0.1) is 0 Å². The van der Waals surface area contributed by atoms with E-state index in [4.69, 9.17) is 30.8 Å². The Kier molecular flexibility index (Phi) is 6.69. The number of nitrogens with one attached hydrogen (secondary N) is 1. The van der Waals surface area contributed by atoms with Crippen LogP contribution < -0.4 is 4.74 Å². The minimum Gasteiger partial charge on any atom is -0.470 e. The van der Waals surface area contributed by atoms with Gasteiger partial charge in [-0.25, -0.2) is 4.98 Å². The molecule has 2 N–H and O–H groups in total. The summed E-state index contributed by atoms with van der Waals surface area (Å²) in [7, 11) is 1.69. The third kappa shape index (κ3) is 4.49. The lowest BCUT2D eigenvalue weighted by molar-refractivity contribution is -0.128. The number of hydrogen-bond acceptors (Lipinski definition) is 7. The molecule has 3 aromatic rings. The number of hydrogen-bond donors (Lipinski definition) is 2. The Hall–Kier alpha value is -3.24. The zero-order valence-corrected chi connectivity index (χ0v) is 21.9. The Morgan fingerprint density at radius 2 is 2.00 bits per heavy atom. The van der Waals surface area contributed by atoms with E-state index >= 15 is 0 Å². The molecule has 1 aromatic carbocycles. The molecule has 0 bridgehead atoms. The zero-order valence-electron chi connectivity index (χ0n) is 21.2. The number of halogens is 1. The van der Waals surface area contributed by atoms with E-state index in [1.807, 2.05) is 23.1 Å². The zero-order chi connectivity index (χ0) is 26.4. The van der Waals surface area contributed by atoms with Crippen molar-refractivity contribution in [2.45, 2.75) is 37.8 Å². The molecule has 2 aromatic heterocycles. The highest BCUT2D eigenvalue weighted by Crippen LogP contribution is 2.36. The molecule has 0 radical (unpaired) electrons. The van der Waals surface area contributed by atoms with Gasteiger partial charge >= 0.3 is 0 Å². The lowest BCUT2D eigenvalue weighted by Crippen LogP contribution is -2.34. The number of pyridine rings is 1. The number of ether oxygens (including phenoxy) is 3. The van der Waals surface area contributed by atoms with Gasteiger partial charge in [-0.2, -0.15) is 0 Å². The highest BCUT2D eigenvalue weighted by atomic mass is 35.5. The second kappa shape index (κ2) is 10.1. The molecule has 198 valence electrons. The third-order valence-electron chi connectivity index (χ3n) is 7.42. The van der Waals surface area contributed by atoms with Gasteiger partial charge in [0, 0.05) is 38.8 Å². The van der Waals surface area contributed by atoms with E-state index in [0.29, 0.717) is 40.8 Å². The van der Waals surface area contributed by atoms with Gasteiger partial charge in [-0.1, -0.05) is 41.9 Å². The fourth-order valence-electron chi connectivity index (χ4n) is 5.39. The molecule has 2 fully saturated rings. The summed E-state index contributed by atoms with van der Waals surface area (Å²) in [6.45, 7) is 3.52. The number of rotatable bonds is 5. The van der Waals surface area contributed by atoms with Crippen molar-refractivity contribution in [2.75, 3.05) is 33.4 Å². The lowest BCUT2D eigenvalue weighted by atomic mass is 9.97. The Morgan fingerprint density at radius 1 is 1.24 bits per heavy atom. The molecular weight excluding hydrogens is 508 g/mol. The average Bonchev–Trinajstić information content (AvgIpc) is 3.59. The van der Waals surface area contributed by atoms with Crippen molar-refractivity contribution in [3.63, 3.8) is 0 Å². The maximum atomic E-state index is 11.6. The van der Waals surface area contributed by atoms with Gasteiger partial charge in [0.1, 0.15) is 23.8 Å². The van der Waals surface area contributed by atoms with E-state index < -0.39 is 6.10 Å². The Morgan fingerprint density at radius 3 is 2.71 bits per heavy atom. The minimum absolute atomic E-state index is 0.101. The SMILES string of the molecule is C/N=C/c1c(O[C@@H]2CO[C@H]3[C@@H]2OC[C@H]3O)[nH]c2cc(Cl)c(-c3ccc(C4=CCN(C(C)=O)CC4)cc3)nc12. The summed E-state index contributed by atoms with van der Waals surface area (Å²) in [6, 6.07) is 10.0. The summed E-state index contributed by atoms with van der Waals surface area (Å²) in [6.07, 6.45) is 2.92. The van der Waals surface area contributed by atoms with Crippen molar-refractivity contribution in [3.05, 3.63) is 52.6 Å². The first-order valence-electron chi connectivity index (χ1n) is 12.7. The van der Waals surface area contributed by atoms with Crippen LogP contribution in [0.15, 0.2) is 41.4 Å². The number of nitrogens with zero attached hydrogens (tertiary/aromatic N) is 3. The number of carbonyl (C=O) groups excluding carboxylic acids is 1. The van der Waals surface area contributed by atoms with E-state index in [1.165, 1.54) is 5.57 Å². The maximum absolute atomic E-state index is 11.6. The minimum atomic E-state index is -0.646. The maximum Gasteiger partial charge on any atom is 0.219 e. The molecule has 0 unspecified atom stereocenters. The van der Waals surface area contributed by atoms with Crippen LogP contribution in [0, 0.1) is 0 Å². The number of aliphatic hydroxyl groups is 1. The van der Waals surface area contributed by atoms with Crippen molar-refractivity contribution in [2.24, 2.45) is 4.99 Å². The van der Waals surface area contributed by atoms with E-state index in [-0.39, 0.29) is 30.8 Å². The number of H-pyrrole nitrogens is 1. The van der Waals surface area contributed by atoms with Crippen LogP contribution in [0.5, 0.6) is 5.88 Å². The summed E-state index contributed by atoms with van der Waals surface area (Å²) < 4.78 is 17.7. The van der Waals surface area contributed by atoms with Crippen molar-refractivity contribution in [1.82, 2.24) is 14.9 Å². The summed E-state index contributed by atoms with van der Waals surface area (Å²) in [5, 5.41) is 10.6. The van der Waals surface area contributed by atoms with Crippen molar-refractivity contribution >= 4 is 40.3 Å². The van der Waals surface area contributed by atoms with Crippen LogP contribution in [-0.2, 0) is 14.3 Å². The Balaban J connectivity index is 1.29. The molecule has 38 heavy (non-hydrogen) atoms. The standard InChI is InChI=1S/C28H29ClN4O5/c1-15(34)33-9-7-17(8-10-33)16-3-5-18(6-4-16)24-20(29)11-21-25(32-24)19(12-30-2)28(31-21)38-23-14-37-26-22(35)13-36-27(23)26/h3-7,11-12,22-23,26-27,31,35H,8-10,13-14H2,1-2H3/b30-12+/t22-,23-,26-,27-/m1/s1. The topological polar surface area (TPSA) is 109 Å². The second-order valence-corrected chi connectivity index (χ2v) is 10.2. The molecular formula is C28H29ClN4O5. The molecule has 3 aliphatic heterocycles. The molecule has 2 saturated heterocycles. The smallest absolute Gasteiger partial charge is 0.219 e. The van der Waals surface area contributed by atoms with Gasteiger partial charge in [0.25, 0.3) is 0 Å². The van der Waals surface area contributed by atoms with Gasteiger partial charge in [-0.3, -0.25) is 9.79 Å². The van der Waals surface area contributed by atoms with Crippen LogP contribution in [0.4, 0.5) is 0 Å². The molecule has 4 atom stereocenters. The van der Waals surface area contributed by atoms with E-state index in [0.717, 1.165) is 29.6 Å². The van der Waals surface area contributed by atoms with Gasteiger partial charge in [0.2, 0.25) is 11.8 Å². The fraction of sp³-hybridized carbons (Fsp3) is 0.393. The second-order valence-electron chi connectivity index (χ2n) is 9.81. The quantitative estimate of drug-likeness (QED) is 0.483. The number of carbonyl (C=O) groups is 1. The molecule has 0 aliphatic carbocycles. The first-order valence-corrected chi connectivity index (χ1v) is 13.1. The highest BCUT2D eigenvalue weighted by Gasteiger charge is 2.48. The third-order valence-corrected chi connectivity index (χ3v) is 7.70. The number of fused-ring (bicyclic) bond motifs is 2. The monoisotopic (exact) mass is 536 g/mol. The molecule has 3 aliphatic rings. The Labute approximate surface area is 225 Å². The lowest BCUT2D eigenvalue weighted by Gasteiger charge is -2.25. The van der Waals surface area contributed by atoms with E-state index in [2.05, 4.69) is 28.2 Å². The highest BCUT2D eigenvalue weighted by molar-refractivity contribution is 6.33.